The highest BCUT2D eigenvalue weighted by molar-refractivity contribution is 9.10. The van der Waals surface area contributed by atoms with E-state index >= 15 is 0 Å². The Kier molecular flexibility index (Phi) is 4.14. The third-order valence-corrected chi connectivity index (χ3v) is 4.59. The molecule has 0 radical (unpaired) electrons. The minimum atomic E-state index is -0.360. The second kappa shape index (κ2) is 6.05. The lowest BCUT2D eigenvalue weighted by Crippen LogP contribution is -2.06. The number of pyridine rings is 1. The number of nitrogens with one attached hydrogen (secondary N) is 1. The van der Waals surface area contributed by atoms with Crippen LogP contribution in [0.5, 0.6) is 0 Å². The molecule has 2 aromatic rings. The zero-order valence-electron chi connectivity index (χ0n) is 11.7. The maximum absolute atomic E-state index is 13.0. The molecule has 21 heavy (non-hydrogen) atoms. The predicted octanol–water partition coefficient (Wildman–Crippen LogP) is 4.14. The largest absolute Gasteiger partial charge is 0.372 e. The molecule has 0 aliphatic heterocycles. The van der Waals surface area contributed by atoms with Crippen molar-refractivity contribution in [2.45, 2.75) is 31.6 Å². The Labute approximate surface area is 131 Å². The van der Waals surface area contributed by atoms with E-state index in [0.717, 1.165) is 28.8 Å². The first-order valence-corrected chi connectivity index (χ1v) is 7.85. The van der Waals surface area contributed by atoms with E-state index in [9.17, 15) is 4.39 Å². The van der Waals surface area contributed by atoms with Gasteiger partial charge in [0.05, 0.1) is 16.4 Å². The number of rotatable bonds is 3. The van der Waals surface area contributed by atoms with Gasteiger partial charge in [0.2, 0.25) is 0 Å². The van der Waals surface area contributed by atoms with Crippen molar-refractivity contribution in [3.8, 4) is 11.5 Å². The summed E-state index contributed by atoms with van der Waals surface area (Å²) >= 11 is 3.60. The van der Waals surface area contributed by atoms with Crippen LogP contribution in [-0.4, -0.2) is 22.0 Å². The predicted molar refractivity (Wildman–Crippen MR) is 83.7 cm³/mol. The molecule has 2 heterocycles. The molecule has 1 aliphatic rings. The van der Waals surface area contributed by atoms with Gasteiger partial charge in [-0.25, -0.2) is 19.3 Å². The average Bonchev–Trinajstić information content (AvgIpc) is 3.02. The van der Waals surface area contributed by atoms with Gasteiger partial charge in [0.15, 0.2) is 5.82 Å². The smallest absolute Gasteiger partial charge is 0.180 e. The van der Waals surface area contributed by atoms with Gasteiger partial charge >= 0.3 is 0 Å². The van der Waals surface area contributed by atoms with Gasteiger partial charge in [-0.15, -0.1) is 0 Å². The molecule has 4 nitrogen and oxygen atoms in total. The molecule has 1 saturated carbocycles. The van der Waals surface area contributed by atoms with Gasteiger partial charge in [-0.1, -0.05) is 12.8 Å². The van der Waals surface area contributed by atoms with E-state index in [1.807, 2.05) is 7.05 Å². The molecular formula is C15H16BrFN4. The minimum Gasteiger partial charge on any atom is -0.372 e. The van der Waals surface area contributed by atoms with Crippen LogP contribution in [0.3, 0.4) is 0 Å². The summed E-state index contributed by atoms with van der Waals surface area (Å²) in [5.41, 5.74) is 1.60. The van der Waals surface area contributed by atoms with Crippen LogP contribution in [0.4, 0.5) is 10.2 Å². The van der Waals surface area contributed by atoms with Gasteiger partial charge < -0.3 is 5.32 Å². The van der Waals surface area contributed by atoms with Crippen molar-refractivity contribution in [3.63, 3.8) is 0 Å². The number of hydrogen-bond donors (Lipinski definition) is 1. The number of halogens is 2. The summed E-state index contributed by atoms with van der Waals surface area (Å²) in [5, 5.41) is 3.08. The molecule has 0 saturated heterocycles. The molecule has 2 aromatic heterocycles. The molecular weight excluding hydrogens is 335 g/mol. The molecule has 3 rings (SSSR count). The Morgan fingerprint density at radius 3 is 2.62 bits per heavy atom. The van der Waals surface area contributed by atoms with Crippen LogP contribution in [0.2, 0.25) is 0 Å². The quantitative estimate of drug-likeness (QED) is 0.903. The highest BCUT2D eigenvalue weighted by Gasteiger charge is 2.24. The number of nitrogens with zero attached hydrogens (tertiary/aromatic N) is 3. The highest BCUT2D eigenvalue weighted by Crippen LogP contribution is 2.39. The Bertz CT molecular complexity index is 639. The van der Waals surface area contributed by atoms with E-state index in [2.05, 4.69) is 36.2 Å². The van der Waals surface area contributed by atoms with Crippen LogP contribution in [0.1, 0.15) is 37.3 Å². The van der Waals surface area contributed by atoms with Crippen LogP contribution in [0, 0.1) is 5.82 Å². The normalized spacial score (nSPS) is 15.4. The zero-order chi connectivity index (χ0) is 14.8. The van der Waals surface area contributed by atoms with Crippen molar-refractivity contribution in [1.29, 1.82) is 0 Å². The lowest BCUT2D eigenvalue weighted by atomic mass is 10.0. The molecule has 0 unspecified atom stereocenters. The first-order chi connectivity index (χ1) is 10.2. The molecule has 0 bridgehead atoms. The topological polar surface area (TPSA) is 50.7 Å². The summed E-state index contributed by atoms with van der Waals surface area (Å²) in [6.45, 7) is 0. The summed E-state index contributed by atoms with van der Waals surface area (Å²) in [7, 11) is 1.83. The summed E-state index contributed by atoms with van der Waals surface area (Å²) < 4.78 is 13.9. The highest BCUT2D eigenvalue weighted by atomic mass is 79.9. The average molecular weight is 351 g/mol. The fourth-order valence-electron chi connectivity index (χ4n) is 2.72. The molecule has 0 spiro atoms. The van der Waals surface area contributed by atoms with Crippen molar-refractivity contribution >= 4 is 21.7 Å². The summed E-state index contributed by atoms with van der Waals surface area (Å²) in [4.78, 5) is 13.2. The van der Waals surface area contributed by atoms with E-state index in [0.29, 0.717) is 17.4 Å². The van der Waals surface area contributed by atoms with Crippen LogP contribution in [0.25, 0.3) is 11.5 Å². The standard InChI is InChI=1S/C15H16BrFN4/c1-18-15-12(16)13(9-4-2-3-5-9)20-14(21-15)11-7-6-10(17)8-19-11/h6-9H,2-5H2,1H3,(H,18,20,21). The Hall–Kier alpha value is -1.56. The minimum absolute atomic E-state index is 0.360. The van der Waals surface area contributed by atoms with Crippen LogP contribution >= 0.6 is 15.9 Å². The monoisotopic (exact) mass is 350 g/mol. The third-order valence-electron chi connectivity index (χ3n) is 3.81. The maximum Gasteiger partial charge on any atom is 0.180 e. The summed E-state index contributed by atoms with van der Waals surface area (Å²) in [6.07, 6.45) is 5.96. The van der Waals surface area contributed by atoms with Crippen molar-refractivity contribution in [1.82, 2.24) is 15.0 Å². The molecule has 1 aliphatic carbocycles. The van der Waals surface area contributed by atoms with E-state index in [-0.39, 0.29) is 5.82 Å². The number of anilines is 1. The molecule has 1 N–H and O–H groups in total. The molecule has 110 valence electrons. The zero-order valence-corrected chi connectivity index (χ0v) is 13.3. The third kappa shape index (κ3) is 2.90. The fourth-order valence-corrected chi connectivity index (χ4v) is 3.42. The Morgan fingerprint density at radius 2 is 2.00 bits per heavy atom. The summed E-state index contributed by atoms with van der Waals surface area (Å²) in [6, 6.07) is 2.98. The summed E-state index contributed by atoms with van der Waals surface area (Å²) in [5.74, 6) is 1.37. The van der Waals surface area contributed by atoms with Gasteiger partial charge in [-0.2, -0.15) is 0 Å². The molecule has 0 aromatic carbocycles. The van der Waals surface area contributed by atoms with Crippen molar-refractivity contribution in [2.24, 2.45) is 0 Å². The number of hydrogen-bond acceptors (Lipinski definition) is 4. The molecule has 0 amide bonds. The fraction of sp³-hybridized carbons (Fsp3) is 0.400. The second-order valence-corrected chi connectivity index (χ2v) is 5.98. The van der Waals surface area contributed by atoms with Crippen molar-refractivity contribution in [2.75, 3.05) is 12.4 Å². The van der Waals surface area contributed by atoms with Gasteiger partial charge in [-0.3, -0.25) is 0 Å². The Morgan fingerprint density at radius 1 is 1.24 bits per heavy atom. The van der Waals surface area contributed by atoms with Gasteiger partial charge in [0.25, 0.3) is 0 Å². The van der Waals surface area contributed by atoms with Crippen molar-refractivity contribution < 1.29 is 4.39 Å². The first kappa shape index (κ1) is 14.4. The van der Waals surface area contributed by atoms with Gasteiger partial charge in [0, 0.05) is 13.0 Å². The first-order valence-electron chi connectivity index (χ1n) is 7.06. The number of aromatic nitrogens is 3. The van der Waals surface area contributed by atoms with E-state index < -0.39 is 0 Å². The van der Waals surface area contributed by atoms with Crippen LogP contribution < -0.4 is 5.32 Å². The maximum atomic E-state index is 13.0. The SMILES string of the molecule is CNc1nc(-c2ccc(F)cn2)nc(C2CCCC2)c1Br. The van der Waals surface area contributed by atoms with E-state index in [4.69, 9.17) is 0 Å². The van der Waals surface area contributed by atoms with Crippen molar-refractivity contribution in [3.05, 3.63) is 34.3 Å². The molecule has 0 atom stereocenters. The van der Waals surface area contributed by atoms with Crippen LogP contribution in [-0.2, 0) is 0 Å². The molecule has 1 fully saturated rings. The van der Waals surface area contributed by atoms with Gasteiger partial charge in [-0.05, 0) is 40.9 Å². The second-order valence-electron chi connectivity index (χ2n) is 5.19. The van der Waals surface area contributed by atoms with Gasteiger partial charge in [0.1, 0.15) is 17.3 Å². The van der Waals surface area contributed by atoms with E-state index in [1.54, 1.807) is 6.07 Å². The van der Waals surface area contributed by atoms with E-state index in [1.165, 1.54) is 25.1 Å². The Balaban J connectivity index is 2.08. The lowest BCUT2D eigenvalue weighted by Gasteiger charge is -2.15. The molecule has 6 heteroatoms. The lowest BCUT2D eigenvalue weighted by molar-refractivity contribution is 0.621. The van der Waals surface area contributed by atoms with Crippen LogP contribution in [0.15, 0.2) is 22.8 Å².